The number of carbonyl (C=O) groups excluding carboxylic acids is 1. The number of rotatable bonds is 5. The fourth-order valence-corrected chi connectivity index (χ4v) is 1.20. The number of hydrogen-bond acceptors (Lipinski definition) is 1. The highest BCUT2D eigenvalue weighted by atomic mass is 16.1. The van der Waals surface area contributed by atoms with Crippen LogP contribution in [0.2, 0.25) is 0 Å². The fraction of sp³-hybridized carbons (Fsp3) is 0.889. The van der Waals surface area contributed by atoms with E-state index in [0.29, 0.717) is 5.92 Å². The highest BCUT2D eigenvalue weighted by Gasteiger charge is 2.20. The molecule has 10 heavy (non-hydrogen) atoms. The third-order valence-corrected chi connectivity index (χ3v) is 2.20. The molecule has 1 unspecified atom stereocenters. The van der Waals surface area contributed by atoms with Gasteiger partial charge in [0.2, 0.25) is 0 Å². The molecule has 1 rings (SSSR count). The van der Waals surface area contributed by atoms with E-state index in [4.69, 9.17) is 0 Å². The molecule has 1 aliphatic rings. The molecule has 0 amide bonds. The highest BCUT2D eigenvalue weighted by Crippen LogP contribution is 2.34. The molecule has 0 aromatic rings. The Kier molecular flexibility index (Phi) is 2.91. The predicted octanol–water partition coefficient (Wildman–Crippen LogP) is 2.40. The largest absolute Gasteiger partial charge is 0.303 e. The van der Waals surface area contributed by atoms with Crippen LogP contribution in [-0.4, -0.2) is 6.29 Å². The van der Waals surface area contributed by atoms with Crippen molar-refractivity contribution >= 4 is 6.29 Å². The van der Waals surface area contributed by atoms with Crippen LogP contribution >= 0.6 is 0 Å². The van der Waals surface area contributed by atoms with Crippen molar-refractivity contribution in [2.75, 3.05) is 0 Å². The van der Waals surface area contributed by atoms with E-state index in [-0.39, 0.29) is 0 Å². The van der Waals surface area contributed by atoms with Crippen molar-refractivity contribution in [3.05, 3.63) is 0 Å². The summed E-state index contributed by atoms with van der Waals surface area (Å²) in [6.07, 6.45) is 7.65. The third-order valence-electron chi connectivity index (χ3n) is 2.20. The molecule has 58 valence electrons. The lowest BCUT2D eigenvalue weighted by Crippen LogP contribution is -1.94. The Labute approximate surface area is 62.8 Å². The zero-order valence-electron chi connectivity index (χ0n) is 6.68. The normalized spacial score (nSPS) is 20.5. The minimum absolute atomic E-state index is 0.291. The molecule has 0 aromatic carbocycles. The predicted molar refractivity (Wildman–Crippen MR) is 41.8 cm³/mol. The van der Waals surface area contributed by atoms with E-state index in [0.717, 1.165) is 18.6 Å². The molecule has 1 nitrogen and oxygen atoms in total. The molecule has 0 aromatic heterocycles. The Hall–Kier alpha value is -0.330. The molecule has 0 bridgehead atoms. The van der Waals surface area contributed by atoms with Crippen molar-refractivity contribution in [1.82, 2.24) is 0 Å². The Morgan fingerprint density at radius 3 is 2.80 bits per heavy atom. The second-order valence-corrected chi connectivity index (χ2v) is 3.49. The zero-order valence-corrected chi connectivity index (χ0v) is 6.68. The van der Waals surface area contributed by atoms with Crippen molar-refractivity contribution in [3.8, 4) is 0 Å². The van der Waals surface area contributed by atoms with Crippen molar-refractivity contribution in [3.63, 3.8) is 0 Å². The van der Waals surface area contributed by atoms with E-state index in [1.54, 1.807) is 0 Å². The maximum Gasteiger partial charge on any atom is 0.122 e. The minimum Gasteiger partial charge on any atom is -0.303 e. The van der Waals surface area contributed by atoms with Crippen molar-refractivity contribution in [1.29, 1.82) is 0 Å². The van der Waals surface area contributed by atoms with E-state index in [2.05, 4.69) is 0 Å². The lowest BCUT2D eigenvalue weighted by atomic mass is 10.0. The fourth-order valence-electron chi connectivity index (χ4n) is 1.20. The zero-order chi connectivity index (χ0) is 7.40. The summed E-state index contributed by atoms with van der Waals surface area (Å²) in [5.74, 6) is 1.32. The van der Waals surface area contributed by atoms with Crippen LogP contribution in [0.15, 0.2) is 0 Å². The van der Waals surface area contributed by atoms with Gasteiger partial charge in [0.05, 0.1) is 0 Å². The van der Waals surface area contributed by atoms with Gasteiger partial charge in [0.15, 0.2) is 0 Å². The van der Waals surface area contributed by atoms with Crippen LogP contribution < -0.4 is 0 Å². The molecule has 0 radical (unpaired) electrons. The van der Waals surface area contributed by atoms with Gasteiger partial charge in [0.25, 0.3) is 0 Å². The Morgan fingerprint density at radius 2 is 2.30 bits per heavy atom. The van der Waals surface area contributed by atoms with Crippen LogP contribution in [0.1, 0.15) is 39.0 Å². The molecule has 0 saturated heterocycles. The average molecular weight is 140 g/mol. The van der Waals surface area contributed by atoms with Gasteiger partial charge in [-0.05, 0) is 12.3 Å². The highest BCUT2D eigenvalue weighted by molar-refractivity contribution is 5.52. The second kappa shape index (κ2) is 3.75. The molecule has 0 spiro atoms. The van der Waals surface area contributed by atoms with Crippen molar-refractivity contribution in [2.45, 2.75) is 39.0 Å². The first-order valence-electron chi connectivity index (χ1n) is 4.28. The maximum atomic E-state index is 10.2. The quantitative estimate of drug-likeness (QED) is 0.536. The topological polar surface area (TPSA) is 17.1 Å². The monoisotopic (exact) mass is 140 g/mol. The van der Waals surface area contributed by atoms with Crippen LogP contribution in [0.4, 0.5) is 0 Å². The van der Waals surface area contributed by atoms with Gasteiger partial charge < -0.3 is 4.79 Å². The van der Waals surface area contributed by atoms with Crippen molar-refractivity contribution < 1.29 is 4.79 Å². The van der Waals surface area contributed by atoms with Gasteiger partial charge in [0.1, 0.15) is 6.29 Å². The molecule has 1 heteroatoms. The van der Waals surface area contributed by atoms with Crippen LogP contribution in [0.5, 0.6) is 0 Å². The summed E-state index contributed by atoms with van der Waals surface area (Å²) < 4.78 is 0. The molecular weight excluding hydrogens is 124 g/mol. The third kappa shape index (κ3) is 3.00. The number of hydrogen-bond donors (Lipinski definition) is 0. The lowest BCUT2D eigenvalue weighted by molar-refractivity contribution is -0.110. The first-order chi connectivity index (χ1) is 4.83. The Morgan fingerprint density at radius 1 is 1.60 bits per heavy atom. The van der Waals surface area contributed by atoms with Crippen molar-refractivity contribution in [2.24, 2.45) is 11.8 Å². The van der Waals surface area contributed by atoms with Gasteiger partial charge in [-0.25, -0.2) is 0 Å². The van der Waals surface area contributed by atoms with Gasteiger partial charge >= 0.3 is 0 Å². The number of carbonyl (C=O) groups is 1. The molecule has 0 N–H and O–H groups in total. The summed E-state index contributed by atoms with van der Waals surface area (Å²) in [6.45, 7) is 2.00. The lowest BCUT2D eigenvalue weighted by Gasteiger charge is -2.00. The molecular formula is C9H16O. The van der Waals surface area contributed by atoms with Gasteiger partial charge in [-0.1, -0.05) is 32.6 Å². The average Bonchev–Trinajstić information content (AvgIpc) is 2.71. The molecule has 0 aliphatic heterocycles. The maximum absolute atomic E-state index is 10.2. The summed E-state index contributed by atoms with van der Waals surface area (Å²) in [7, 11) is 0. The smallest absolute Gasteiger partial charge is 0.122 e. The second-order valence-electron chi connectivity index (χ2n) is 3.49. The van der Waals surface area contributed by atoms with E-state index in [9.17, 15) is 4.79 Å². The summed E-state index contributed by atoms with van der Waals surface area (Å²) in [5.41, 5.74) is 0. The summed E-state index contributed by atoms with van der Waals surface area (Å²) in [6, 6.07) is 0. The SMILES string of the molecule is CC(C=O)CCCC1CC1. The van der Waals surface area contributed by atoms with E-state index in [1.165, 1.54) is 25.7 Å². The first kappa shape index (κ1) is 7.77. The Bertz CT molecular complexity index is 105. The van der Waals surface area contributed by atoms with Gasteiger partial charge in [-0.2, -0.15) is 0 Å². The van der Waals surface area contributed by atoms with E-state index in [1.807, 2.05) is 6.92 Å². The van der Waals surface area contributed by atoms with Crippen LogP contribution in [0.25, 0.3) is 0 Å². The summed E-state index contributed by atoms with van der Waals surface area (Å²) in [5, 5.41) is 0. The molecule has 1 aliphatic carbocycles. The minimum atomic E-state index is 0.291. The summed E-state index contributed by atoms with van der Waals surface area (Å²) >= 11 is 0. The van der Waals surface area contributed by atoms with Crippen LogP contribution in [-0.2, 0) is 4.79 Å². The standard InChI is InChI=1S/C9H16O/c1-8(7-10)3-2-4-9-5-6-9/h7-9H,2-6H2,1H3. The summed E-state index contributed by atoms with van der Waals surface area (Å²) in [4.78, 5) is 10.2. The van der Waals surface area contributed by atoms with Gasteiger partial charge in [0, 0.05) is 5.92 Å². The van der Waals surface area contributed by atoms with Gasteiger partial charge in [-0.15, -0.1) is 0 Å². The van der Waals surface area contributed by atoms with Crippen LogP contribution in [0, 0.1) is 11.8 Å². The molecule has 0 heterocycles. The van der Waals surface area contributed by atoms with Gasteiger partial charge in [-0.3, -0.25) is 0 Å². The first-order valence-corrected chi connectivity index (χ1v) is 4.28. The number of aldehydes is 1. The Balaban J connectivity index is 1.88. The van der Waals surface area contributed by atoms with E-state index < -0.39 is 0 Å². The molecule has 1 fully saturated rings. The molecule has 1 saturated carbocycles. The van der Waals surface area contributed by atoms with Crippen LogP contribution in [0.3, 0.4) is 0 Å². The molecule has 1 atom stereocenters. The van der Waals surface area contributed by atoms with E-state index >= 15 is 0 Å².